The standard InChI is InChI=1S/C27H28N6O/c1-17-20(18(2)33-27(28-17)21-9-3-4-10-22(21)31-33)13-14-25(34)32-15-7-8-19(16-32)26-29-23-11-5-6-12-24(23)30-26/h3-6,9-12,19H,7-8,13-16H2,1-2H3,(H,29,30). The smallest absolute Gasteiger partial charge is 0.222 e. The van der Waals surface area contributed by atoms with E-state index in [2.05, 4.69) is 24.0 Å². The number of carbonyl (C=O) groups is 1. The van der Waals surface area contributed by atoms with Crippen molar-refractivity contribution in [1.29, 1.82) is 0 Å². The molecule has 1 atom stereocenters. The van der Waals surface area contributed by atoms with E-state index in [1.807, 2.05) is 52.7 Å². The minimum absolute atomic E-state index is 0.199. The Labute approximate surface area is 197 Å². The molecule has 3 aromatic heterocycles. The molecule has 0 bridgehead atoms. The number of fused-ring (bicyclic) bond motifs is 4. The van der Waals surface area contributed by atoms with E-state index in [4.69, 9.17) is 15.1 Å². The predicted molar refractivity (Wildman–Crippen MR) is 133 cm³/mol. The number of rotatable bonds is 4. The number of nitrogens with one attached hydrogen (secondary N) is 1. The summed E-state index contributed by atoms with van der Waals surface area (Å²) in [4.78, 5) is 28.3. The zero-order chi connectivity index (χ0) is 23.2. The van der Waals surface area contributed by atoms with Gasteiger partial charge in [-0.05, 0) is 62.9 Å². The van der Waals surface area contributed by atoms with Gasteiger partial charge in [-0.25, -0.2) is 14.5 Å². The molecule has 1 unspecified atom stereocenters. The summed E-state index contributed by atoms with van der Waals surface area (Å²) < 4.78 is 1.93. The molecule has 2 aromatic carbocycles. The average Bonchev–Trinajstić information content (AvgIpc) is 3.46. The highest BCUT2D eigenvalue weighted by Gasteiger charge is 2.27. The van der Waals surface area contributed by atoms with Gasteiger partial charge in [0.05, 0.1) is 16.6 Å². The fourth-order valence-corrected chi connectivity index (χ4v) is 5.32. The lowest BCUT2D eigenvalue weighted by atomic mass is 9.96. The van der Waals surface area contributed by atoms with E-state index in [-0.39, 0.29) is 11.8 Å². The average molecular weight is 453 g/mol. The fraction of sp³-hybridized carbons (Fsp3) is 0.333. The van der Waals surface area contributed by atoms with Crippen LogP contribution in [0.4, 0.5) is 0 Å². The van der Waals surface area contributed by atoms with E-state index in [1.165, 1.54) is 0 Å². The topological polar surface area (TPSA) is 79.2 Å². The van der Waals surface area contributed by atoms with Gasteiger partial charge < -0.3 is 9.88 Å². The van der Waals surface area contributed by atoms with E-state index in [9.17, 15) is 4.79 Å². The Bertz CT molecular complexity index is 1500. The van der Waals surface area contributed by atoms with Crippen LogP contribution in [0.25, 0.3) is 27.6 Å². The van der Waals surface area contributed by atoms with Crippen molar-refractivity contribution in [2.45, 2.75) is 45.4 Å². The molecule has 172 valence electrons. The minimum atomic E-state index is 0.199. The number of nitrogens with zero attached hydrogens (tertiary/aromatic N) is 5. The number of para-hydroxylation sites is 2. The van der Waals surface area contributed by atoms with Crippen LogP contribution in [-0.4, -0.2) is 48.5 Å². The summed E-state index contributed by atoms with van der Waals surface area (Å²) in [5, 5.41) is 5.80. The van der Waals surface area contributed by atoms with Gasteiger partial charge in [0.1, 0.15) is 5.82 Å². The SMILES string of the molecule is Cc1nc2c3ccccc3nn2c(C)c1CCC(=O)N1CCCC(c2nc3ccccc3[nH]2)C1. The highest BCUT2D eigenvalue weighted by Crippen LogP contribution is 2.28. The number of H-pyrrole nitrogens is 1. The Balaban J connectivity index is 1.19. The van der Waals surface area contributed by atoms with Crippen LogP contribution in [0, 0.1) is 13.8 Å². The summed E-state index contributed by atoms with van der Waals surface area (Å²) in [7, 11) is 0. The molecule has 0 saturated carbocycles. The number of benzene rings is 2. The van der Waals surface area contributed by atoms with Crippen LogP contribution in [0.2, 0.25) is 0 Å². The molecular weight excluding hydrogens is 424 g/mol. The number of hydrogen-bond donors (Lipinski definition) is 1. The van der Waals surface area contributed by atoms with Crippen LogP contribution in [0.3, 0.4) is 0 Å². The molecule has 1 saturated heterocycles. The van der Waals surface area contributed by atoms with Crippen molar-refractivity contribution < 1.29 is 4.79 Å². The molecule has 1 aliphatic heterocycles. The third-order valence-corrected chi connectivity index (χ3v) is 7.18. The molecule has 34 heavy (non-hydrogen) atoms. The molecule has 1 N–H and O–H groups in total. The first-order chi connectivity index (χ1) is 16.6. The van der Waals surface area contributed by atoms with Crippen LogP contribution in [-0.2, 0) is 11.2 Å². The molecule has 0 aliphatic carbocycles. The van der Waals surface area contributed by atoms with Gasteiger partial charge >= 0.3 is 0 Å². The number of likely N-dealkylation sites (tertiary alicyclic amines) is 1. The summed E-state index contributed by atoms with van der Waals surface area (Å²) >= 11 is 0. The third kappa shape index (κ3) is 3.52. The van der Waals surface area contributed by atoms with Crippen LogP contribution in [0.1, 0.15) is 48.0 Å². The number of aromatic amines is 1. The van der Waals surface area contributed by atoms with Crippen LogP contribution < -0.4 is 0 Å². The molecule has 0 spiro atoms. The highest BCUT2D eigenvalue weighted by molar-refractivity contribution is 5.92. The molecule has 7 heteroatoms. The van der Waals surface area contributed by atoms with Gasteiger partial charge in [-0.2, -0.15) is 5.10 Å². The van der Waals surface area contributed by atoms with Crippen molar-refractivity contribution in [1.82, 2.24) is 29.5 Å². The van der Waals surface area contributed by atoms with Crippen molar-refractivity contribution in [2.75, 3.05) is 13.1 Å². The molecule has 6 rings (SSSR count). The highest BCUT2D eigenvalue weighted by atomic mass is 16.2. The van der Waals surface area contributed by atoms with Crippen LogP contribution >= 0.6 is 0 Å². The van der Waals surface area contributed by atoms with Crippen LogP contribution in [0.5, 0.6) is 0 Å². The second kappa shape index (κ2) is 8.24. The Morgan fingerprint density at radius 3 is 2.71 bits per heavy atom. The van der Waals surface area contributed by atoms with E-state index in [0.29, 0.717) is 12.8 Å². The quantitative estimate of drug-likeness (QED) is 0.428. The lowest BCUT2D eigenvalue weighted by Crippen LogP contribution is -2.39. The number of piperidine rings is 1. The van der Waals surface area contributed by atoms with E-state index in [0.717, 1.165) is 76.3 Å². The second-order valence-corrected chi connectivity index (χ2v) is 9.33. The Morgan fingerprint density at radius 1 is 1.06 bits per heavy atom. The number of hydrogen-bond acceptors (Lipinski definition) is 4. The maximum atomic E-state index is 13.2. The largest absolute Gasteiger partial charge is 0.342 e. The molecule has 0 radical (unpaired) electrons. The molecule has 1 amide bonds. The van der Waals surface area contributed by atoms with Crippen molar-refractivity contribution in [3.8, 4) is 0 Å². The van der Waals surface area contributed by atoms with Gasteiger partial charge in [-0.1, -0.05) is 24.3 Å². The molecule has 7 nitrogen and oxygen atoms in total. The predicted octanol–water partition coefficient (Wildman–Crippen LogP) is 4.71. The number of aryl methyl sites for hydroxylation is 2. The maximum absolute atomic E-state index is 13.2. The van der Waals surface area contributed by atoms with E-state index in [1.54, 1.807) is 0 Å². The maximum Gasteiger partial charge on any atom is 0.222 e. The van der Waals surface area contributed by atoms with Gasteiger partial charge in [0.2, 0.25) is 5.91 Å². The van der Waals surface area contributed by atoms with Gasteiger partial charge in [0, 0.05) is 42.2 Å². The second-order valence-electron chi connectivity index (χ2n) is 9.33. The summed E-state index contributed by atoms with van der Waals surface area (Å²) in [6.45, 7) is 5.65. The fourth-order valence-electron chi connectivity index (χ4n) is 5.32. The Morgan fingerprint density at radius 2 is 1.85 bits per heavy atom. The van der Waals surface area contributed by atoms with E-state index >= 15 is 0 Å². The number of carbonyl (C=O) groups excluding carboxylic acids is 1. The first kappa shape index (κ1) is 20.8. The molecule has 4 heterocycles. The lowest BCUT2D eigenvalue weighted by molar-refractivity contribution is -0.132. The first-order valence-electron chi connectivity index (χ1n) is 12.0. The number of amides is 1. The molecule has 1 aliphatic rings. The van der Waals surface area contributed by atoms with Crippen molar-refractivity contribution in [3.05, 3.63) is 71.3 Å². The molecular formula is C27H28N6O. The van der Waals surface area contributed by atoms with Gasteiger partial charge in [-0.15, -0.1) is 0 Å². The van der Waals surface area contributed by atoms with E-state index < -0.39 is 0 Å². The summed E-state index contributed by atoms with van der Waals surface area (Å²) in [5.74, 6) is 1.44. The number of imidazole rings is 1. The zero-order valence-corrected chi connectivity index (χ0v) is 19.6. The minimum Gasteiger partial charge on any atom is -0.342 e. The van der Waals surface area contributed by atoms with Crippen molar-refractivity contribution in [2.24, 2.45) is 0 Å². The number of aromatic nitrogens is 5. The summed E-state index contributed by atoms with van der Waals surface area (Å²) in [6, 6.07) is 16.2. The molecule has 1 fully saturated rings. The first-order valence-corrected chi connectivity index (χ1v) is 12.0. The van der Waals surface area contributed by atoms with Gasteiger partial charge in [0.15, 0.2) is 5.65 Å². The summed E-state index contributed by atoms with van der Waals surface area (Å²) in [5.41, 5.74) is 7.01. The lowest BCUT2D eigenvalue weighted by Gasteiger charge is -2.32. The van der Waals surface area contributed by atoms with Crippen molar-refractivity contribution in [3.63, 3.8) is 0 Å². The summed E-state index contributed by atoms with van der Waals surface area (Å²) in [6.07, 6.45) is 3.19. The zero-order valence-electron chi connectivity index (χ0n) is 19.6. The Hall–Kier alpha value is -3.74. The van der Waals surface area contributed by atoms with Crippen LogP contribution in [0.15, 0.2) is 48.5 Å². The molecule has 5 aromatic rings. The van der Waals surface area contributed by atoms with Gasteiger partial charge in [0.25, 0.3) is 0 Å². The van der Waals surface area contributed by atoms with Gasteiger partial charge in [-0.3, -0.25) is 4.79 Å². The van der Waals surface area contributed by atoms with Crippen molar-refractivity contribution >= 4 is 33.5 Å². The normalized spacial score (nSPS) is 16.6. The third-order valence-electron chi connectivity index (χ3n) is 7.18. The Kier molecular flexibility index (Phi) is 5.05. The monoisotopic (exact) mass is 452 g/mol.